The second-order valence-corrected chi connectivity index (χ2v) is 4.63. The molecule has 0 saturated heterocycles. The van der Waals surface area contributed by atoms with Crippen molar-refractivity contribution in [3.63, 3.8) is 0 Å². The molecule has 0 bridgehead atoms. The van der Waals surface area contributed by atoms with E-state index >= 15 is 0 Å². The van der Waals surface area contributed by atoms with Crippen LogP contribution in [-0.2, 0) is 4.74 Å². The molecule has 1 aliphatic carbocycles. The summed E-state index contributed by atoms with van der Waals surface area (Å²) in [5, 5.41) is 0.997. The van der Waals surface area contributed by atoms with Gasteiger partial charge in [-0.25, -0.2) is 4.79 Å². The summed E-state index contributed by atoms with van der Waals surface area (Å²) in [6.07, 6.45) is 2.47. The molecule has 1 aliphatic rings. The van der Waals surface area contributed by atoms with E-state index in [0.29, 0.717) is 17.2 Å². The molecule has 0 unspecified atom stereocenters. The van der Waals surface area contributed by atoms with E-state index in [2.05, 4.69) is 11.1 Å². The Hall–Kier alpha value is -1.97. The van der Waals surface area contributed by atoms with Crippen LogP contribution in [0, 0.1) is 0 Å². The van der Waals surface area contributed by atoms with E-state index in [-0.39, 0.29) is 5.97 Å². The first-order chi connectivity index (χ1) is 8.72. The van der Waals surface area contributed by atoms with Crippen LogP contribution in [0.1, 0.15) is 34.8 Å². The third-order valence-electron chi connectivity index (χ3n) is 3.37. The zero-order valence-corrected chi connectivity index (χ0v) is 10.4. The predicted octanol–water partition coefficient (Wildman–Crippen LogP) is 2.84. The van der Waals surface area contributed by atoms with Crippen LogP contribution < -0.4 is 4.74 Å². The molecule has 1 aromatic carbocycles. The molecule has 18 heavy (non-hydrogen) atoms. The highest BCUT2D eigenvalue weighted by Gasteiger charge is 2.26. The summed E-state index contributed by atoms with van der Waals surface area (Å²) in [5.41, 5.74) is 2.69. The van der Waals surface area contributed by atoms with Crippen LogP contribution in [0.15, 0.2) is 18.2 Å². The predicted molar refractivity (Wildman–Crippen MR) is 68.2 cm³/mol. The maximum absolute atomic E-state index is 11.6. The smallest absolute Gasteiger partial charge is 0.338 e. The van der Waals surface area contributed by atoms with Crippen molar-refractivity contribution in [2.75, 3.05) is 14.2 Å². The number of aromatic amines is 1. The summed E-state index contributed by atoms with van der Waals surface area (Å²) < 4.78 is 10.1. The molecular weight excluding hydrogens is 230 g/mol. The SMILES string of the molecule is COC(=O)c1cc(OC)c2[nH]c(C3CC3)cc2c1. The van der Waals surface area contributed by atoms with E-state index in [1.54, 1.807) is 13.2 Å². The van der Waals surface area contributed by atoms with Crippen LogP contribution in [-0.4, -0.2) is 25.2 Å². The summed E-state index contributed by atoms with van der Waals surface area (Å²) in [5.74, 6) is 0.979. The first-order valence-corrected chi connectivity index (χ1v) is 6.02. The highest BCUT2D eigenvalue weighted by molar-refractivity contribution is 5.97. The second-order valence-electron chi connectivity index (χ2n) is 4.63. The molecule has 1 heterocycles. The van der Waals surface area contributed by atoms with Gasteiger partial charge in [0.1, 0.15) is 5.75 Å². The molecule has 0 aliphatic heterocycles. The number of aromatic nitrogens is 1. The minimum Gasteiger partial charge on any atom is -0.495 e. The van der Waals surface area contributed by atoms with E-state index in [1.165, 1.54) is 25.6 Å². The van der Waals surface area contributed by atoms with Crippen molar-refractivity contribution in [2.24, 2.45) is 0 Å². The molecule has 0 atom stereocenters. The number of hydrogen-bond donors (Lipinski definition) is 1. The Kier molecular flexibility index (Phi) is 2.51. The molecule has 1 aromatic heterocycles. The van der Waals surface area contributed by atoms with Crippen LogP contribution in [0.4, 0.5) is 0 Å². The van der Waals surface area contributed by atoms with Gasteiger partial charge in [0, 0.05) is 11.1 Å². The van der Waals surface area contributed by atoms with Gasteiger partial charge in [-0.05, 0) is 37.0 Å². The average Bonchev–Trinajstić information content (AvgIpc) is 3.16. The highest BCUT2D eigenvalue weighted by Crippen LogP contribution is 2.41. The minimum absolute atomic E-state index is 0.343. The van der Waals surface area contributed by atoms with Gasteiger partial charge in [-0.3, -0.25) is 0 Å². The van der Waals surface area contributed by atoms with Gasteiger partial charge in [0.15, 0.2) is 0 Å². The van der Waals surface area contributed by atoms with Crippen molar-refractivity contribution in [2.45, 2.75) is 18.8 Å². The summed E-state index contributed by atoms with van der Waals surface area (Å²) in [6, 6.07) is 5.65. The molecule has 0 amide bonds. The van der Waals surface area contributed by atoms with E-state index < -0.39 is 0 Å². The number of esters is 1. The van der Waals surface area contributed by atoms with E-state index in [1.807, 2.05) is 6.07 Å². The van der Waals surface area contributed by atoms with Gasteiger partial charge >= 0.3 is 5.97 Å². The van der Waals surface area contributed by atoms with Gasteiger partial charge in [0.05, 0.1) is 25.3 Å². The number of ether oxygens (including phenoxy) is 2. The van der Waals surface area contributed by atoms with Crippen molar-refractivity contribution >= 4 is 16.9 Å². The summed E-state index contributed by atoms with van der Waals surface area (Å²) in [6.45, 7) is 0. The summed E-state index contributed by atoms with van der Waals surface area (Å²) in [4.78, 5) is 15.0. The lowest BCUT2D eigenvalue weighted by Crippen LogP contribution is -2.01. The van der Waals surface area contributed by atoms with Crippen molar-refractivity contribution < 1.29 is 14.3 Å². The number of hydrogen-bond acceptors (Lipinski definition) is 3. The minimum atomic E-state index is -0.343. The summed E-state index contributed by atoms with van der Waals surface area (Å²) >= 11 is 0. The Morgan fingerprint density at radius 2 is 2.06 bits per heavy atom. The third kappa shape index (κ3) is 1.74. The molecule has 2 aromatic rings. The van der Waals surface area contributed by atoms with E-state index in [9.17, 15) is 4.79 Å². The molecule has 1 saturated carbocycles. The van der Waals surface area contributed by atoms with Crippen LogP contribution in [0.2, 0.25) is 0 Å². The molecule has 4 heteroatoms. The number of methoxy groups -OCH3 is 2. The molecule has 0 radical (unpaired) electrons. The standard InChI is InChI=1S/C14H15NO3/c1-17-12-7-10(14(16)18-2)5-9-6-11(8-3-4-8)15-13(9)12/h5-8,15H,3-4H2,1-2H3. The normalized spacial score (nSPS) is 14.8. The lowest BCUT2D eigenvalue weighted by atomic mass is 10.1. The Bertz CT molecular complexity index is 611. The zero-order valence-electron chi connectivity index (χ0n) is 10.4. The maximum Gasteiger partial charge on any atom is 0.338 e. The largest absolute Gasteiger partial charge is 0.495 e. The first kappa shape index (κ1) is 11.1. The van der Waals surface area contributed by atoms with Gasteiger partial charge in [-0.1, -0.05) is 0 Å². The van der Waals surface area contributed by atoms with E-state index in [0.717, 1.165) is 10.9 Å². The topological polar surface area (TPSA) is 51.3 Å². The molecule has 94 valence electrons. The van der Waals surface area contributed by atoms with Gasteiger partial charge in [-0.2, -0.15) is 0 Å². The first-order valence-electron chi connectivity index (χ1n) is 6.02. The zero-order chi connectivity index (χ0) is 12.7. The number of nitrogens with one attached hydrogen (secondary N) is 1. The number of rotatable bonds is 3. The molecular formula is C14H15NO3. The van der Waals surface area contributed by atoms with Gasteiger partial charge in [0.2, 0.25) is 0 Å². The average molecular weight is 245 g/mol. The fourth-order valence-corrected chi connectivity index (χ4v) is 2.24. The van der Waals surface area contributed by atoms with Crippen LogP contribution >= 0.6 is 0 Å². The molecule has 0 spiro atoms. The van der Waals surface area contributed by atoms with Crippen molar-refractivity contribution in [1.29, 1.82) is 0 Å². The van der Waals surface area contributed by atoms with Crippen molar-refractivity contribution in [3.05, 3.63) is 29.5 Å². The van der Waals surface area contributed by atoms with Crippen molar-refractivity contribution in [1.82, 2.24) is 4.98 Å². The maximum atomic E-state index is 11.6. The highest BCUT2D eigenvalue weighted by atomic mass is 16.5. The molecule has 3 rings (SSSR count). The molecule has 4 nitrogen and oxygen atoms in total. The van der Waals surface area contributed by atoms with Gasteiger partial charge in [-0.15, -0.1) is 0 Å². The monoisotopic (exact) mass is 245 g/mol. The van der Waals surface area contributed by atoms with Crippen LogP contribution in [0.5, 0.6) is 5.75 Å². The number of H-pyrrole nitrogens is 1. The Morgan fingerprint density at radius 1 is 1.28 bits per heavy atom. The molecule has 1 N–H and O–H groups in total. The lowest BCUT2D eigenvalue weighted by Gasteiger charge is -2.05. The number of benzene rings is 1. The van der Waals surface area contributed by atoms with Gasteiger partial charge < -0.3 is 14.5 Å². The Balaban J connectivity index is 2.15. The van der Waals surface area contributed by atoms with Crippen molar-refractivity contribution in [3.8, 4) is 5.75 Å². The lowest BCUT2D eigenvalue weighted by molar-refractivity contribution is 0.0600. The number of carbonyl (C=O) groups is 1. The Morgan fingerprint density at radius 3 is 2.67 bits per heavy atom. The quantitative estimate of drug-likeness (QED) is 0.846. The molecule has 1 fully saturated rings. The Labute approximate surface area is 105 Å². The summed E-state index contributed by atoms with van der Waals surface area (Å²) in [7, 11) is 2.99. The fraction of sp³-hybridized carbons (Fsp3) is 0.357. The fourth-order valence-electron chi connectivity index (χ4n) is 2.24. The van der Waals surface area contributed by atoms with Crippen LogP contribution in [0.25, 0.3) is 10.9 Å². The third-order valence-corrected chi connectivity index (χ3v) is 3.37. The van der Waals surface area contributed by atoms with E-state index in [4.69, 9.17) is 9.47 Å². The van der Waals surface area contributed by atoms with Crippen LogP contribution in [0.3, 0.4) is 0 Å². The number of carbonyl (C=O) groups excluding carboxylic acids is 1. The second kappa shape index (κ2) is 4.05. The number of fused-ring (bicyclic) bond motifs is 1. The van der Waals surface area contributed by atoms with Gasteiger partial charge in [0.25, 0.3) is 0 Å².